The van der Waals surface area contributed by atoms with Gasteiger partial charge in [0.1, 0.15) is 57.9 Å². The summed E-state index contributed by atoms with van der Waals surface area (Å²) in [5, 5.41) is 64.1. The Morgan fingerprint density at radius 1 is 0.485 bits per heavy atom. The molecule has 9 N–H and O–H groups in total. The lowest BCUT2D eigenvalue weighted by atomic mass is 10.0. The molecule has 0 radical (unpaired) electrons. The maximum atomic E-state index is 14.1. The van der Waals surface area contributed by atoms with Crippen LogP contribution < -0.4 is 16.0 Å². The largest absolute Gasteiger partial charge is 0.477 e. The van der Waals surface area contributed by atoms with Crippen LogP contribution in [0.2, 0.25) is 0 Å². The fraction of sp³-hybridized carbons (Fsp3) is 0.405. The van der Waals surface area contributed by atoms with Crippen molar-refractivity contribution in [3.05, 3.63) is 87.3 Å². The van der Waals surface area contributed by atoms with Gasteiger partial charge in [0.25, 0.3) is 0 Å². The number of carbonyl (C=O) groups excluding carboxylic acids is 4. The van der Waals surface area contributed by atoms with E-state index in [4.69, 9.17) is 9.47 Å². The topological polar surface area (TPSA) is 385 Å². The van der Waals surface area contributed by atoms with Gasteiger partial charge >= 0.3 is 47.9 Å². The first kappa shape index (κ1) is 52.3. The Hall–Kier alpha value is -8.05. The van der Waals surface area contributed by atoms with E-state index in [1.807, 2.05) is 0 Å². The fourth-order valence-corrected chi connectivity index (χ4v) is 6.31. The number of carbonyl (C=O) groups is 10. The Labute approximate surface area is 374 Å². The minimum Gasteiger partial charge on any atom is -0.477 e. The number of hydrogen-bond donors (Lipinski definition) is 9. The van der Waals surface area contributed by atoms with E-state index in [-0.39, 0.29) is 74.5 Å². The molecule has 24 nitrogen and oxygen atoms in total. The van der Waals surface area contributed by atoms with Crippen molar-refractivity contribution < 1.29 is 88.1 Å². The van der Waals surface area contributed by atoms with Crippen molar-refractivity contribution in [3.8, 4) is 0 Å². The number of amides is 3. The van der Waals surface area contributed by atoms with E-state index < -0.39 is 118 Å². The van der Waals surface area contributed by atoms with Crippen LogP contribution in [0.25, 0.3) is 0 Å². The van der Waals surface area contributed by atoms with Crippen molar-refractivity contribution in [2.75, 3.05) is 7.11 Å². The number of rotatable bonds is 24. The van der Waals surface area contributed by atoms with Crippen LogP contribution >= 0.6 is 0 Å². The molecule has 0 unspecified atom stereocenters. The van der Waals surface area contributed by atoms with Crippen LogP contribution in [0.5, 0.6) is 0 Å². The second kappa shape index (κ2) is 23.6. The SMILES string of the molecule is COC(=O)[C@H](CCCc1cc(C(=O)O)nc(C(=O)O)c1)NC(=O)[C@H](CCCc1cc(C(=O)O)nc(C(=O)O)c1)NC(=O)[C@H](CCCc1cc(C(=O)O)nc(C(=O)O)c1)NC(=O)OC(C)(C)C. The molecule has 66 heavy (non-hydrogen) atoms. The van der Waals surface area contributed by atoms with E-state index in [1.165, 1.54) is 0 Å². The van der Waals surface area contributed by atoms with Gasteiger partial charge in [-0.25, -0.2) is 53.3 Å². The highest BCUT2D eigenvalue weighted by Gasteiger charge is 2.31. The number of aryl methyl sites for hydroxylation is 3. The van der Waals surface area contributed by atoms with Crippen LogP contribution in [-0.2, 0) is 43.1 Å². The van der Waals surface area contributed by atoms with Gasteiger partial charge in [-0.2, -0.15) is 0 Å². The molecule has 0 spiro atoms. The van der Waals surface area contributed by atoms with Crippen molar-refractivity contribution >= 4 is 59.7 Å². The van der Waals surface area contributed by atoms with Gasteiger partial charge in [0.15, 0.2) is 0 Å². The number of esters is 1. The van der Waals surface area contributed by atoms with Gasteiger partial charge in [-0.1, -0.05) is 0 Å². The first-order valence-electron chi connectivity index (χ1n) is 20.0. The molecule has 3 heterocycles. The minimum absolute atomic E-state index is 0.00902. The van der Waals surface area contributed by atoms with Crippen molar-refractivity contribution in [1.82, 2.24) is 30.9 Å². The zero-order valence-corrected chi connectivity index (χ0v) is 36.0. The summed E-state index contributed by atoms with van der Waals surface area (Å²) in [4.78, 5) is 134. The standard InChI is InChI=1S/C42H48N6O18/c1-42(2,3)66-41(64)48-24(12-6-9-21-16-28(36(55)56)44-29(17-21)37(57)58)33(50)46-23(11-5-8-20-14-26(34(51)52)43-27(15-20)35(53)54)32(49)47-25(40(63)65-4)13-7-10-22-18-30(38(59)60)45-31(19-22)39(61)62/h14-19,23-25H,5-13H2,1-4H3,(H,46,50)(H,47,49)(H,48,64)(H,51,52)(H,53,54)(H,55,56)(H,57,58)(H,59,60)(H,61,62)/t23-,24-,25-/m0/s1. The Kier molecular flexibility index (Phi) is 18.7. The number of carboxylic acid groups (broad SMARTS) is 6. The van der Waals surface area contributed by atoms with E-state index in [0.29, 0.717) is 0 Å². The Balaban J connectivity index is 1.94. The van der Waals surface area contributed by atoms with Gasteiger partial charge in [-0.05, 0) is 132 Å². The van der Waals surface area contributed by atoms with Gasteiger partial charge in [0, 0.05) is 0 Å². The lowest BCUT2D eigenvalue weighted by Gasteiger charge is -2.26. The number of methoxy groups -OCH3 is 1. The molecule has 0 saturated carbocycles. The van der Waals surface area contributed by atoms with Gasteiger partial charge in [-0.3, -0.25) is 9.59 Å². The maximum absolute atomic E-state index is 14.1. The van der Waals surface area contributed by atoms with E-state index in [0.717, 1.165) is 43.5 Å². The zero-order valence-electron chi connectivity index (χ0n) is 36.0. The lowest BCUT2D eigenvalue weighted by molar-refractivity contribution is -0.145. The Morgan fingerprint density at radius 3 is 1.03 bits per heavy atom. The molecule has 0 aliphatic rings. The fourth-order valence-electron chi connectivity index (χ4n) is 6.31. The average Bonchev–Trinajstić information content (AvgIpc) is 3.23. The number of nitrogens with one attached hydrogen (secondary N) is 3. The van der Waals surface area contributed by atoms with Crippen LogP contribution in [0.4, 0.5) is 4.79 Å². The Bertz CT molecular complexity index is 2280. The van der Waals surface area contributed by atoms with Crippen molar-refractivity contribution in [3.63, 3.8) is 0 Å². The third kappa shape index (κ3) is 16.6. The Morgan fingerprint density at radius 2 is 0.758 bits per heavy atom. The first-order valence-corrected chi connectivity index (χ1v) is 20.0. The van der Waals surface area contributed by atoms with Crippen LogP contribution in [-0.4, -0.2) is 136 Å². The summed E-state index contributed by atoms with van der Waals surface area (Å²) in [6, 6.07) is 2.47. The molecule has 3 amide bonds. The monoisotopic (exact) mass is 924 g/mol. The molecular formula is C42H48N6O18. The molecule has 3 aromatic heterocycles. The van der Waals surface area contributed by atoms with Gasteiger partial charge < -0.3 is 56.1 Å². The molecular weight excluding hydrogens is 876 g/mol. The maximum Gasteiger partial charge on any atom is 0.408 e. The normalized spacial score (nSPS) is 12.4. The van der Waals surface area contributed by atoms with Gasteiger partial charge in [-0.15, -0.1) is 0 Å². The minimum atomic E-state index is -1.51. The third-order valence-corrected chi connectivity index (χ3v) is 9.29. The summed E-state index contributed by atoms with van der Waals surface area (Å²) >= 11 is 0. The zero-order chi connectivity index (χ0) is 49.5. The number of hydrogen-bond acceptors (Lipinski definition) is 15. The second-order valence-corrected chi connectivity index (χ2v) is 15.6. The highest BCUT2D eigenvalue weighted by molar-refractivity contribution is 5.94. The number of pyridine rings is 3. The molecule has 0 aliphatic carbocycles. The molecule has 0 aliphatic heterocycles. The molecule has 3 atom stereocenters. The van der Waals surface area contributed by atoms with Gasteiger partial charge in [0.2, 0.25) is 11.8 Å². The number of aromatic nitrogens is 3. The number of alkyl carbamates (subject to hydrolysis) is 1. The molecule has 0 aromatic carbocycles. The molecule has 0 bridgehead atoms. The second-order valence-electron chi connectivity index (χ2n) is 15.6. The van der Waals surface area contributed by atoms with E-state index in [9.17, 15) is 78.6 Å². The highest BCUT2D eigenvalue weighted by Crippen LogP contribution is 2.17. The number of aromatic carboxylic acids is 6. The predicted molar refractivity (Wildman–Crippen MR) is 222 cm³/mol. The van der Waals surface area contributed by atoms with E-state index in [2.05, 4.69) is 30.9 Å². The van der Waals surface area contributed by atoms with Crippen LogP contribution in [0.1, 0.15) is 139 Å². The summed E-state index contributed by atoms with van der Waals surface area (Å²) in [6.07, 6.45) is -1.60. The van der Waals surface area contributed by atoms with E-state index in [1.54, 1.807) is 20.8 Å². The molecule has 0 fully saturated rings. The molecule has 24 heteroatoms. The van der Waals surface area contributed by atoms with Crippen molar-refractivity contribution in [2.24, 2.45) is 0 Å². The van der Waals surface area contributed by atoms with Crippen molar-refractivity contribution in [2.45, 2.75) is 102 Å². The van der Waals surface area contributed by atoms with Crippen LogP contribution in [0.3, 0.4) is 0 Å². The van der Waals surface area contributed by atoms with Crippen molar-refractivity contribution in [1.29, 1.82) is 0 Å². The smallest absolute Gasteiger partial charge is 0.408 e. The van der Waals surface area contributed by atoms with Crippen LogP contribution in [0.15, 0.2) is 36.4 Å². The quantitative estimate of drug-likeness (QED) is 0.0582. The highest BCUT2D eigenvalue weighted by atomic mass is 16.6. The number of ether oxygens (including phenoxy) is 2. The summed E-state index contributed by atoms with van der Waals surface area (Å²) in [5.41, 5.74) is -3.68. The van der Waals surface area contributed by atoms with Gasteiger partial charge in [0.05, 0.1) is 7.11 Å². The summed E-state index contributed by atoms with van der Waals surface area (Å²) < 4.78 is 10.2. The number of nitrogens with zero attached hydrogens (tertiary/aromatic N) is 3. The third-order valence-electron chi connectivity index (χ3n) is 9.29. The molecule has 0 saturated heterocycles. The lowest BCUT2D eigenvalue weighted by Crippen LogP contribution is -2.56. The molecule has 3 rings (SSSR count). The van der Waals surface area contributed by atoms with E-state index >= 15 is 0 Å². The molecule has 3 aromatic rings. The predicted octanol–water partition coefficient (Wildman–Crippen LogP) is 2.47. The van der Waals surface area contributed by atoms with Crippen LogP contribution in [0, 0.1) is 0 Å². The first-order chi connectivity index (χ1) is 30.9. The molecule has 354 valence electrons. The summed E-state index contributed by atoms with van der Waals surface area (Å²) in [7, 11) is 1.04. The summed E-state index contributed by atoms with van der Waals surface area (Å²) in [6.45, 7) is 4.67. The summed E-state index contributed by atoms with van der Waals surface area (Å²) in [5.74, 6) is -11.8. The average molecular weight is 925 g/mol. The number of carboxylic acids is 6.